The number of amides is 1. The number of rotatable bonds is 5. The third-order valence-electron chi connectivity index (χ3n) is 4.87. The minimum atomic E-state index is 0.178. The maximum Gasteiger partial charge on any atom is 0.233 e. The molecule has 2 heterocycles. The number of thioether (sulfide) groups is 1. The van der Waals surface area contributed by atoms with Gasteiger partial charge in [0.15, 0.2) is 5.16 Å². The van der Waals surface area contributed by atoms with Gasteiger partial charge in [-0.05, 0) is 19.4 Å². The average Bonchev–Trinajstić information content (AvgIpc) is 2.98. The molecular formula is C18H25N5OS. The number of carbonyl (C=O) groups excluding carboxylic acids is 1. The molecule has 1 amide bonds. The number of nitrogens with zero attached hydrogens (tertiary/aromatic N) is 5. The molecule has 0 bridgehead atoms. The zero-order valence-electron chi connectivity index (χ0n) is 15.1. The number of aryl methyl sites for hydroxylation is 1. The molecule has 0 spiro atoms. The fourth-order valence-corrected chi connectivity index (χ4v) is 3.89. The Bertz CT molecular complexity index is 710. The average molecular weight is 359 g/mol. The van der Waals surface area contributed by atoms with Crippen molar-refractivity contribution in [2.45, 2.75) is 25.0 Å². The Kier molecular flexibility index (Phi) is 5.75. The van der Waals surface area contributed by atoms with Crippen LogP contribution in [0.1, 0.15) is 24.4 Å². The second kappa shape index (κ2) is 8.01. The van der Waals surface area contributed by atoms with Crippen LogP contribution in [0.2, 0.25) is 0 Å². The Morgan fingerprint density at radius 3 is 2.44 bits per heavy atom. The van der Waals surface area contributed by atoms with Crippen molar-refractivity contribution in [1.29, 1.82) is 0 Å². The summed E-state index contributed by atoms with van der Waals surface area (Å²) in [6, 6.07) is 10.9. The van der Waals surface area contributed by atoms with Crippen molar-refractivity contribution in [2.24, 2.45) is 7.05 Å². The number of piperazine rings is 1. The summed E-state index contributed by atoms with van der Waals surface area (Å²) in [5.41, 5.74) is 1.33. The third kappa shape index (κ3) is 4.22. The molecule has 3 rings (SSSR count). The fourth-order valence-electron chi connectivity index (χ4n) is 3.03. The summed E-state index contributed by atoms with van der Waals surface area (Å²) in [7, 11) is 1.92. The highest BCUT2D eigenvalue weighted by atomic mass is 32.2. The van der Waals surface area contributed by atoms with Gasteiger partial charge in [-0.2, -0.15) is 0 Å². The van der Waals surface area contributed by atoms with Crippen LogP contribution in [0.5, 0.6) is 0 Å². The maximum atomic E-state index is 12.5. The van der Waals surface area contributed by atoms with Gasteiger partial charge in [0.2, 0.25) is 5.91 Å². The van der Waals surface area contributed by atoms with Gasteiger partial charge in [-0.3, -0.25) is 9.69 Å². The van der Waals surface area contributed by atoms with E-state index in [1.54, 1.807) is 0 Å². The lowest BCUT2D eigenvalue weighted by Crippen LogP contribution is -2.49. The van der Waals surface area contributed by atoms with E-state index in [-0.39, 0.29) is 5.91 Å². The SMILES string of the molecule is Cc1nnc(SCC(=O)N2CCN([C@H](C)c3ccccc3)CC2)n1C. The maximum absolute atomic E-state index is 12.5. The molecule has 7 heteroatoms. The zero-order chi connectivity index (χ0) is 17.8. The smallest absolute Gasteiger partial charge is 0.233 e. The Balaban J connectivity index is 1.48. The molecule has 0 radical (unpaired) electrons. The molecule has 25 heavy (non-hydrogen) atoms. The second-order valence-electron chi connectivity index (χ2n) is 6.38. The molecule has 2 aromatic rings. The normalized spacial score (nSPS) is 16.8. The van der Waals surface area contributed by atoms with E-state index < -0.39 is 0 Å². The first-order chi connectivity index (χ1) is 12.1. The van der Waals surface area contributed by atoms with E-state index in [9.17, 15) is 4.79 Å². The topological polar surface area (TPSA) is 54.3 Å². The van der Waals surface area contributed by atoms with Gasteiger partial charge in [-0.15, -0.1) is 10.2 Å². The molecule has 1 aromatic heterocycles. The number of carbonyl (C=O) groups is 1. The lowest BCUT2D eigenvalue weighted by atomic mass is 10.1. The zero-order valence-corrected chi connectivity index (χ0v) is 15.9. The largest absolute Gasteiger partial charge is 0.339 e. The van der Waals surface area contributed by atoms with Crippen LogP contribution in [0.4, 0.5) is 0 Å². The molecule has 0 N–H and O–H groups in total. The Morgan fingerprint density at radius 2 is 1.84 bits per heavy atom. The predicted molar refractivity (Wildman–Crippen MR) is 99.5 cm³/mol. The molecule has 0 aliphatic carbocycles. The van der Waals surface area contributed by atoms with Crippen LogP contribution in [-0.2, 0) is 11.8 Å². The monoisotopic (exact) mass is 359 g/mol. The summed E-state index contributed by atoms with van der Waals surface area (Å²) in [6.45, 7) is 7.54. The lowest BCUT2D eigenvalue weighted by molar-refractivity contribution is -0.130. The molecule has 1 aromatic carbocycles. The molecular weight excluding hydrogens is 334 g/mol. The van der Waals surface area contributed by atoms with Gasteiger partial charge in [0.25, 0.3) is 0 Å². The van der Waals surface area contributed by atoms with E-state index in [1.807, 2.05) is 29.5 Å². The van der Waals surface area contributed by atoms with Crippen LogP contribution in [0.3, 0.4) is 0 Å². The van der Waals surface area contributed by atoms with Crippen LogP contribution in [0.15, 0.2) is 35.5 Å². The van der Waals surface area contributed by atoms with E-state index >= 15 is 0 Å². The van der Waals surface area contributed by atoms with Crippen LogP contribution in [0, 0.1) is 6.92 Å². The fraction of sp³-hybridized carbons (Fsp3) is 0.500. The van der Waals surface area contributed by atoms with Crippen molar-refractivity contribution in [1.82, 2.24) is 24.6 Å². The van der Waals surface area contributed by atoms with E-state index in [2.05, 4.69) is 46.3 Å². The van der Waals surface area contributed by atoms with Crippen LogP contribution >= 0.6 is 11.8 Å². The van der Waals surface area contributed by atoms with Crippen molar-refractivity contribution in [3.8, 4) is 0 Å². The number of aromatic nitrogens is 3. The lowest BCUT2D eigenvalue weighted by Gasteiger charge is -2.38. The summed E-state index contributed by atoms with van der Waals surface area (Å²) in [4.78, 5) is 16.9. The summed E-state index contributed by atoms with van der Waals surface area (Å²) in [6.07, 6.45) is 0. The first kappa shape index (κ1) is 17.9. The van der Waals surface area contributed by atoms with E-state index in [0.717, 1.165) is 37.2 Å². The van der Waals surface area contributed by atoms with Crippen molar-refractivity contribution >= 4 is 17.7 Å². The summed E-state index contributed by atoms with van der Waals surface area (Å²) >= 11 is 1.46. The highest BCUT2D eigenvalue weighted by Crippen LogP contribution is 2.22. The first-order valence-electron chi connectivity index (χ1n) is 8.62. The van der Waals surface area contributed by atoms with Crippen molar-refractivity contribution in [2.75, 3.05) is 31.9 Å². The van der Waals surface area contributed by atoms with Gasteiger partial charge < -0.3 is 9.47 Å². The summed E-state index contributed by atoms with van der Waals surface area (Å²) in [5, 5.41) is 8.92. The Labute approximate surface area is 153 Å². The molecule has 6 nitrogen and oxygen atoms in total. The molecule has 134 valence electrons. The third-order valence-corrected chi connectivity index (χ3v) is 5.88. The summed E-state index contributed by atoms with van der Waals surface area (Å²) in [5.74, 6) is 1.45. The van der Waals surface area contributed by atoms with E-state index in [4.69, 9.17) is 0 Å². The first-order valence-corrected chi connectivity index (χ1v) is 9.60. The number of hydrogen-bond acceptors (Lipinski definition) is 5. The molecule has 1 saturated heterocycles. The quantitative estimate of drug-likeness (QED) is 0.766. The van der Waals surface area contributed by atoms with Crippen molar-refractivity contribution in [3.05, 3.63) is 41.7 Å². The highest BCUT2D eigenvalue weighted by Gasteiger charge is 2.25. The molecule has 1 aliphatic rings. The van der Waals surface area contributed by atoms with Crippen molar-refractivity contribution < 1.29 is 4.79 Å². The van der Waals surface area contributed by atoms with Crippen LogP contribution in [-0.4, -0.2) is 62.4 Å². The van der Waals surface area contributed by atoms with E-state index in [0.29, 0.717) is 11.8 Å². The molecule has 1 atom stereocenters. The predicted octanol–water partition coefficient (Wildman–Crippen LogP) is 2.12. The van der Waals surface area contributed by atoms with Gasteiger partial charge in [-0.1, -0.05) is 42.1 Å². The van der Waals surface area contributed by atoms with Crippen molar-refractivity contribution in [3.63, 3.8) is 0 Å². The number of hydrogen-bond donors (Lipinski definition) is 0. The van der Waals surface area contributed by atoms with Gasteiger partial charge in [0, 0.05) is 39.3 Å². The Morgan fingerprint density at radius 1 is 1.16 bits per heavy atom. The molecule has 0 saturated carbocycles. The second-order valence-corrected chi connectivity index (χ2v) is 7.32. The van der Waals surface area contributed by atoms with E-state index in [1.165, 1.54) is 17.3 Å². The molecule has 1 fully saturated rings. The van der Waals surface area contributed by atoms with Gasteiger partial charge >= 0.3 is 0 Å². The minimum absolute atomic E-state index is 0.178. The van der Waals surface area contributed by atoms with Gasteiger partial charge in [-0.25, -0.2) is 0 Å². The number of benzene rings is 1. The van der Waals surface area contributed by atoms with Gasteiger partial charge in [0.1, 0.15) is 5.82 Å². The minimum Gasteiger partial charge on any atom is -0.339 e. The van der Waals surface area contributed by atoms with Crippen LogP contribution in [0.25, 0.3) is 0 Å². The Hall–Kier alpha value is -1.86. The standard InChI is InChI=1S/C18H25N5OS/c1-14(16-7-5-4-6-8-16)22-9-11-23(12-10-22)17(24)13-25-18-20-19-15(2)21(18)3/h4-8,14H,9-13H2,1-3H3/t14-/m1/s1. The highest BCUT2D eigenvalue weighted by molar-refractivity contribution is 7.99. The van der Waals surface area contributed by atoms with Gasteiger partial charge in [0.05, 0.1) is 5.75 Å². The summed E-state index contributed by atoms with van der Waals surface area (Å²) < 4.78 is 1.91. The van der Waals surface area contributed by atoms with Crippen LogP contribution < -0.4 is 0 Å². The molecule has 1 aliphatic heterocycles. The molecule has 0 unspecified atom stereocenters.